The van der Waals surface area contributed by atoms with Crippen molar-refractivity contribution in [2.24, 2.45) is 0 Å². The molecule has 4 aromatic rings. The van der Waals surface area contributed by atoms with Crippen LogP contribution in [-0.2, 0) is 6.42 Å². The molecule has 0 saturated heterocycles. The number of amides is 1. The highest BCUT2D eigenvalue weighted by atomic mass is 32.1. The SMILES string of the molecule is CCCCOc1cccc(C2c3c(oc4cc(C)c(C)cc4c3=O)C(=O)N2c2nnc(CC)s2)c1. The third-order valence-corrected chi connectivity index (χ3v) is 7.46. The first-order valence-electron chi connectivity index (χ1n) is 11.9. The number of fused-ring (bicyclic) bond motifs is 2. The lowest BCUT2D eigenvalue weighted by atomic mass is 9.97. The predicted octanol–water partition coefficient (Wildman–Crippen LogP) is 5.75. The zero-order chi connectivity index (χ0) is 24.7. The maximum atomic E-state index is 13.8. The molecule has 1 unspecified atom stereocenters. The van der Waals surface area contributed by atoms with E-state index in [1.54, 1.807) is 0 Å². The van der Waals surface area contributed by atoms with E-state index in [0.717, 1.165) is 34.5 Å². The molecule has 35 heavy (non-hydrogen) atoms. The van der Waals surface area contributed by atoms with Crippen LogP contribution in [0.4, 0.5) is 5.13 Å². The van der Waals surface area contributed by atoms with Gasteiger partial charge in [-0.05, 0) is 67.6 Å². The van der Waals surface area contributed by atoms with Crippen molar-refractivity contribution in [3.63, 3.8) is 0 Å². The molecule has 5 rings (SSSR count). The quantitative estimate of drug-likeness (QED) is 0.307. The first-order valence-corrected chi connectivity index (χ1v) is 12.7. The molecule has 180 valence electrons. The van der Waals surface area contributed by atoms with E-state index >= 15 is 0 Å². The van der Waals surface area contributed by atoms with Crippen molar-refractivity contribution in [1.82, 2.24) is 10.2 Å². The van der Waals surface area contributed by atoms with Crippen LogP contribution < -0.4 is 15.1 Å². The van der Waals surface area contributed by atoms with Gasteiger partial charge in [-0.3, -0.25) is 14.5 Å². The minimum absolute atomic E-state index is 0.0568. The molecular weight excluding hydrogens is 462 g/mol. The zero-order valence-electron chi connectivity index (χ0n) is 20.3. The van der Waals surface area contributed by atoms with Crippen molar-refractivity contribution >= 4 is 33.3 Å². The Labute approximate surface area is 207 Å². The van der Waals surface area contributed by atoms with Crippen molar-refractivity contribution < 1.29 is 13.9 Å². The predicted molar refractivity (Wildman–Crippen MR) is 137 cm³/mol. The summed E-state index contributed by atoms with van der Waals surface area (Å²) in [5.74, 6) is 0.361. The Kier molecular flexibility index (Phi) is 6.15. The van der Waals surface area contributed by atoms with Crippen LogP contribution in [0.25, 0.3) is 11.0 Å². The van der Waals surface area contributed by atoms with Crippen LogP contribution in [0.15, 0.2) is 45.6 Å². The topological polar surface area (TPSA) is 85.5 Å². The third kappa shape index (κ3) is 4.01. The van der Waals surface area contributed by atoms with E-state index in [4.69, 9.17) is 9.15 Å². The number of anilines is 1. The highest BCUT2D eigenvalue weighted by molar-refractivity contribution is 7.15. The molecule has 1 amide bonds. The van der Waals surface area contributed by atoms with Crippen LogP contribution in [-0.4, -0.2) is 22.7 Å². The first kappa shape index (κ1) is 23.2. The molecule has 0 radical (unpaired) electrons. The number of carbonyl (C=O) groups is 1. The van der Waals surface area contributed by atoms with E-state index in [9.17, 15) is 9.59 Å². The van der Waals surface area contributed by atoms with Gasteiger partial charge >= 0.3 is 0 Å². The Morgan fingerprint density at radius 3 is 2.63 bits per heavy atom. The Hall–Kier alpha value is -3.52. The van der Waals surface area contributed by atoms with Gasteiger partial charge in [0, 0.05) is 0 Å². The molecule has 0 fully saturated rings. The molecule has 0 spiro atoms. The fourth-order valence-corrected chi connectivity index (χ4v) is 5.14. The molecule has 1 aliphatic rings. The number of aromatic nitrogens is 2. The number of aryl methyl sites for hydroxylation is 3. The van der Waals surface area contributed by atoms with Gasteiger partial charge in [0.1, 0.15) is 16.3 Å². The van der Waals surface area contributed by atoms with Gasteiger partial charge < -0.3 is 9.15 Å². The summed E-state index contributed by atoms with van der Waals surface area (Å²) in [7, 11) is 0. The summed E-state index contributed by atoms with van der Waals surface area (Å²) in [6.45, 7) is 8.61. The average molecular weight is 490 g/mol. The Morgan fingerprint density at radius 1 is 1.09 bits per heavy atom. The molecule has 0 saturated carbocycles. The number of ether oxygens (including phenoxy) is 1. The normalized spacial score (nSPS) is 15.1. The molecule has 3 heterocycles. The van der Waals surface area contributed by atoms with Crippen molar-refractivity contribution in [3.8, 4) is 5.75 Å². The van der Waals surface area contributed by atoms with E-state index in [2.05, 4.69) is 17.1 Å². The molecule has 2 aromatic carbocycles. The number of hydrogen-bond acceptors (Lipinski definition) is 7. The van der Waals surface area contributed by atoms with Crippen LogP contribution in [0, 0.1) is 13.8 Å². The van der Waals surface area contributed by atoms with Crippen molar-refractivity contribution in [3.05, 3.63) is 79.6 Å². The first-order chi connectivity index (χ1) is 16.9. The molecule has 0 bridgehead atoms. The number of rotatable bonds is 7. The van der Waals surface area contributed by atoms with E-state index in [-0.39, 0.29) is 11.2 Å². The molecular formula is C27H27N3O4S. The molecule has 0 aliphatic carbocycles. The molecule has 7 nitrogen and oxygen atoms in total. The zero-order valence-corrected chi connectivity index (χ0v) is 21.1. The second-order valence-electron chi connectivity index (χ2n) is 8.79. The Morgan fingerprint density at radius 2 is 1.89 bits per heavy atom. The van der Waals surface area contributed by atoms with Gasteiger partial charge in [-0.15, -0.1) is 10.2 Å². The molecule has 1 atom stereocenters. The smallest absolute Gasteiger partial charge is 0.297 e. The Bertz CT molecular complexity index is 1490. The number of nitrogens with zero attached hydrogens (tertiary/aromatic N) is 3. The fourth-order valence-electron chi connectivity index (χ4n) is 4.33. The summed E-state index contributed by atoms with van der Waals surface area (Å²) < 4.78 is 12.0. The Balaban J connectivity index is 1.72. The van der Waals surface area contributed by atoms with Crippen LogP contribution >= 0.6 is 11.3 Å². The van der Waals surface area contributed by atoms with Crippen LogP contribution in [0.1, 0.15) is 70.5 Å². The highest BCUT2D eigenvalue weighted by Crippen LogP contribution is 2.43. The number of carbonyl (C=O) groups excluding carboxylic acids is 1. The van der Waals surface area contributed by atoms with E-state index in [1.807, 2.05) is 57.2 Å². The van der Waals surface area contributed by atoms with Crippen LogP contribution in [0.2, 0.25) is 0 Å². The van der Waals surface area contributed by atoms with Gasteiger partial charge in [0.05, 0.1) is 23.6 Å². The lowest BCUT2D eigenvalue weighted by Gasteiger charge is -2.22. The molecule has 2 aromatic heterocycles. The van der Waals surface area contributed by atoms with Gasteiger partial charge in [0.15, 0.2) is 5.43 Å². The molecule has 1 aliphatic heterocycles. The fraction of sp³-hybridized carbons (Fsp3) is 0.333. The maximum absolute atomic E-state index is 13.8. The van der Waals surface area contributed by atoms with Gasteiger partial charge in [0.2, 0.25) is 10.9 Å². The highest BCUT2D eigenvalue weighted by Gasteiger charge is 2.45. The van der Waals surface area contributed by atoms with Crippen molar-refractivity contribution in [1.29, 1.82) is 0 Å². The molecule has 0 N–H and O–H groups in total. The molecule has 8 heteroatoms. The van der Waals surface area contributed by atoms with Crippen LogP contribution in [0.3, 0.4) is 0 Å². The van der Waals surface area contributed by atoms with Crippen LogP contribution in [0.5, 0.6) is 5.75 Å². The minimum atomic E-state index is -0.688. The number of hydrogen-bond donors (Lipinski definition) is 0. The average Bonchev–Trinajstić information content (AvgIpc) is 3.43. The van der Waals surface area contributed by atoms with E-state index in [1.165, 1.54) is 16.2 Å². The van der Waals surface area contributed by atoms with Crippen molar-refractivity contribution in [2.45, 2.75) is 53.0 Å². The van der Waals surface area contributed by atoms with E-state index < -0.39 is 11.9 Å². The summed E-state index contributed by atoms with van der Waals surface area (Å²) in [4.78, 5) is 29.1. The summed E-state index contributed by atoms with van der Waals surface area (Å²) in [5, 5.41) is 10.2. The number of benzene rings is 2. The third-order valence-electron chi connectivity index (χ3n) is 6.39. The summed E-state index contributed by atoms with van der Waals surface area (Å²) >= 11 is 1.35. The summed E-state index contributed by atoms with van der Waals surface area (Å²) in [5.41, 5.74) is 3.27. The second kappa shape index (κ2) is 9.26. The lowest BCUT2D eigenvalue weighted by molar-refractivity contribution is 0.0970. The largest absolute Gasteiger partial charge is 0.494 e. The van der Waals surface area contributed by atoms with Gasteiger partial charge in [-0.1, -0.05) is 43.7 Å². The van der Waals surface area contributed by atoms with Gasteiger partial charge in [-0.25, -0.2) is 0 Å². The van der Waals surface area contributed by atoms with Crippen molar-refractivity contribution in [2.75, 3.05) is 11.5 Å². The lowest BCUT2D eigenvalue weighted by Crippen LogP contribution is -2.29. The summed E-state index contributed by atoms with van der Waals surface area (Å²) in [6.07, 6.45) is 2.68. The van der Waals surface area contributed by atoms with Gasteiger partial charge in [0.25, 0.3) is 5.91 Å². The minimum Gasteiger partial charge on any atom is -0.494 e. The monoisotopic (exact) mass is 489 g/mol. The van der Waals surface area contributed by atoms with E-state index in [0.29, 0.717) is 40.4 Å². The maximum Gasteiger partial charge on any atom is 0.297 e. The standard InChI is InChI=1S/C27H27N3O4S/c1-5-7-11-33-18-10-8-9-17(14-18)23-22-24(31)19-12-15(3)16(4)13-20(19)34-25(22)26(32)30(23)27-29-28-21(6-2)35-27/h8-10,12-14,23H,5-7,11H2,1-4H3. The number of unbranched alkanes of at least 4 members (excludes halogenated alkanes) is 1. The second-order valence-corrected chi connectivity index (χ2v) is 9.83. The summed E-state index contributed by atoms with van der Waals surface area (Å²) in [6, 6.07) is 10.5. The van der Waals surface area contributed by atoms with Gasteiger partial charge in [-0.2, -0.15) is 0 Å².